The van der Waals surface area contributed by atoms with Crippen molar-refractivity contribution >= 4 is 28.0 Å². The van der Waals surface area contributed by atoms with E-state index in [1.54, 1.807) is 12.1 Å². The van der Waals surface area contributed by atoms with Gasteiger partial charge in [0, 0.05) is 22.6 Å². The molecule has 0 bridgehead atoms. The molecule has 7 heteroatoms. The van der Waals surface area contributed by atoms with E-state index < -0.39 is 5.54 Å². The Hall–Kier alpha value is -3.35. The summed E-state index contributed by atoms with van der Waals surface area (Å²) in [5, 5.41) is 4.20. The summed E-state index contributed by atoms with van der Waals surface area (Å²) in [4.78, 5) is 36.7. The van der Waals surface area contributed by atoms with E-state index in [1.807, 2.05) is 20.0 Å². The van der Waals surface area contributed by atoms with Crippen molar-refractivity contribution in [3.63, 3.8) is 0 Å². The Kier molecular flexibility index (Phi) is 3.87. The van der Waals surface area contributed by atoms with Gasteiger partial charge in [-0.25, -0.2) is 9.78 Å². The zero-order valence-corrected chi connectivity index (χ0v) is 15.4. The molecule has 0 saturated heterocycles. The van der Waals surface area contributed by atoms with E-state index in [4.69, 9.17) is 0 Å². The molecule has 4 aromatic rings. The van der Waals surface area contributed by atoms with Crippen molar-refractivity contribution in [3.8, 4) is 0 Å². The van der Waals surface area contributed by atoms with Gasteiger partial charge in [0.1, 0.15) is 5.69 Å². The van der Waals surface area contributed by atoms with Crippen molar-refractivity contribution in [1.82, 2.24) is 25.3 Å². The second-order valence-electron chi connectivity index (χ2n) is 7.55. The Morgan fingerprint density at radius 1 is 1.15 bits per heavy atom. The summed E-state index contributed by atoms with van der Waals surface area (Å²) < 4.78 is 0. The third-order valence-corrected chi connectivity index (χ3v) is 4.62. The second kappa shape index (κ2) is 6.12. The van der Waals surface area contributed by atoms with Gasteiger partial charge in [0.25, 0.3) is 5.91 Å². The Balaban J connectivity index is 1.55. The molecule has 0 spiro atoms. The number of carbonyl (C=O) groups excluding carboxylic acids is 1. The summed E-state index contributed by atoms with van der Waals surface area (Å²) in [5.41, 5.74) is 3.84. The van der Waals surface area contributed by atoms with Gasteiger partial charge >= 0.3 is 5.69 Å². The number of hydrogen-bond donors (Lipinski definition) is 4. The van der Waals surface area contributed by atoms with Crippen LogP contribution in [0.3, 0.4) is 0 Å². The smallest absolute Gasteiger partial charge is 0.325 e. The van der Waals surface area contributed by atoms with Crippen LogP contribution in [-0.4, -0.2) is 31.4 Å². The fourth-order valence-corrected chi connectivity index (χ4v) is 3.38. The van der Waals surface area contributed by atoms with Crippen molar-refractivity contribution in [1.29, 1.82) is 0 Å². The lowest BCUT2D eigenvalue weighted by molar-refractivity contribution is 0.0908. The Bertz CT molecular complexity index is 1210. The fraction of sp³-hybridized carbons (Fsp3) is 0.250. The summed E-state index contributed by atoms with van der Waals surface area (Å²) in [7, 11) is 0. The number of H-pyrrole nitrogens is 3. The predicted octanol–water partition coefficient (Wildman–Crippen LogP) is 2.79. The average molecular weight is 363 g/mol. The highest BCUT2D eigenvalue weighted by Gasteiger charge is 2.24. The van der Waals surface area contributed by atoms with E-state index in [-0.39, 0.29) is 17.3 Å². The third kappa shape index (κ3) is 3.36. The van der Waals surface area contributed by atoms with E-state index in [9.17, 15) is 9.59 Å². The minimum absolute atomic E-state index is 0.264. The number of rotatable bonds is 4. The first kappa shape index (κ1) is 17.1. The van der Waals surface area contributed by atoms with Crippen LogP contribution in [-0.2, 0) is 6.42 Å². The summed E-state index contributed by atoms with van der Waals surface area (Å²) >= 11 is 0. The maximum atomic E-state index is 12.7. The topological polar surface area (TPSA) is 106 Å². The van der Waals surface area contributed by atoms with Crippen LogP contribution in [0.5, 0.6) is 0 Å². The van der Waals surface area contributed by atoms with Crippen LogP contribution in [0.15, 0.2) is 41.3 Å². The molecular weight excluding hydrogens is 342 g/mol. The van der Waals surface area contributed by atoms with Crippen molar-refractivity contribution in [2.45, 2.75) is 32.7 Å². The molecule has 1 aromatic carbocycles. The zero-order chi connectivity index (χ0) is 19.2. The van der Waals surface area contributed by atoms with Gasteiger partial charge in [-0.15, -0.1) is 0 Å². The maximum absolute atomic E-state index is 12.7. The molecule has 3 heterocycles. The van der Waals surface area contributed by atoms with Gasteiger partial charge in [-0.05, 0) is 56.5 Å². The minimum atomic E-state index is -0.473. The number of nitrogens with one attached hydrogen (secondary N) is 4. The van der Waals surface area contributed by atoms with Gasteiger partial charge in [-0.1, -0.05) is 12.1 Å². The van der Waals surface area contributed by atoms with Crippen molar-refractivity contribution in [3.05, 3.63) is 63.8 Å². The summed E-state index contributed by atoms with van der Waals surface area (Å²) in [6.07, 6.45) is 2.66. The lowest BCUT2D eigenvalue weighted by Crippen LogP contribution is -2.45. The van der Waals surface area contributed by atoms with Gasteiger partial charge in [0.05, 0.1) is 5.52 Å². The standard InChI is InChI=1S/C20H21N5O2/c1-11-4-5-13-12(10-21-16(13)8-11)9-20(2,3)25-18(26)15-7-6-14-17(22-15)24-19(27)23-14/h4-8,10,21H,9H2,1-3H3,(H,25,26)(H2,22,23,24,27). The number of fused-ring (bicyclic) bond motifs is 2. The van der Waals surface area contributed by atoms with Gasteiger partial charge in [0.2, 0.25) is 0 Å². The van der Waals surface area contributed by atoms with E-state index in [0.29, 0.717) is 17.6 Å². The molecule has 0 unspecified atom stereocenters. The van der Waals surface area contributed by atoms with Crippen LogP contribution < -0.4 is 11.0 Å². The summed E-state index contributed by atoms with van der Waals surface area (Å²) in [5.74, 6) is -0.278. The monoisotopic (exact) mass is 363 g/mol. The molecular formula is C20H21N5O2. The molecule has 3 aromatic heterocycles. The Labute approximate surface area is 155 Å². The fourth-order valence-electron chi connectivity index (χ4n) is 3.38. The largest absolute Gasteiger partial charge is 0.361 e. The van der Waals surface area contributed by atoms with Crippen molar-refractivity contribution in [2.24, 2.45) is 0 Å². The van der Waals surface area contributed by atoms with Crippen LogP contribution >= 0.6 is 0 Å². The van der Waals surface area contributed by atoms with Crippen LogP contribution in [0.25, 0.3) is 22.1 Å². The molecule has 0 aliphatic heterocycles. The molecule has 4 N–H and O–H groups in total. The van der Waals surface area contributed by atoms with Crippen molar-refractivity contribution < 1.29 is 4.79 Å². The Morgan fingerprint density at radius 3 is 2.78 bits per heavy atom. The molecule has 0 saturated carbocycles. The van der Waals surface area contributed by atoms with Crippen LogP contribution in [0.1, 0.15) is 35.5 Å². The normalized spacial score (nSPS) is 12.0. The number of nitrogens with zero attached hydrogens (tertiary/aromatic N) is 1. The summed E-state index contributed by atoms with van der Waals surface area (Å²) in [6.45, 7) is 6.02. The van der Waals surface area contributed by atoms with E-state index in [1.165, 1.54) is 5.56 Å². The molecule has 4 rings (SSSR count). The SMILES string of the molecule is Cc1ccc2c(CC(C)(C)NC(=O)c3ccc4[nH]c(=O)[nH]c4n3)c[nH]c2c1. The molecule has 27 heavy (non-hydrogen) atoms. The molecule has 0 fully saturated rings. The number of hydrogen-bond acceptors (Lipinski definition) is 3. The lowest BCUT2D eigenvalue weighted by atomic mass is 9.94. The number of carbonyl (C=O) groups is 1. The summed E-state index contributed by atoms with van der Waals surface area (Å²) in [6, 6.07) is 9.57. The first-order valence-corrected chi connectivity index (χ1v) is 8.79. The molecule has 1 amide bonds. The van der Waals surface area contributed by atoms with E-state index in [2.05, 4.69) is 50.4 Å². The number of imidazole rings is 1. The zero-order valence-electron chi connectivity index (χ0n) is 15.4. The first-order valence-electron chi connectivity index (χ1n) is 8.79. The van der Waals surface area contributed by atoms with Gasteiger partial charge in [0.15, 0.2) is 5.65 Å². The molecule has 0 aliphatic rings. The van der Waals surface area contributed by atoms with Gasteiger partial charge in [-0.2, -0.15) is 0 Å². The van der Waals surface area contributed by atoms with E-state index in [0.717, 1.165) is 16.5 Å². The highest BCUT2D eigenvalue weighted by Crippen LogP contribution is 2.23. The van der Waals surface area contributed by atoms with Gasteiger partial charge in [-0.3, -0.25) is 9.78 Å². The second-order valence-corrected chi connectivity index (χ2v) is 7.55. The number of amides is 1. The number of aryl methyl sites for hydroxylation is 1. The highest BCUT2D eigenvalue weighted by molar-refractivity contribution is 5.94. The molecule has 7 nitrogen and oxygen atoms in total. The Morgan fingerprint density at radius 2 is 1.96 bits per heavy atom. The lowest BCUT2D eigenvalue weighted by Gasteiger charge is -2.26. The third-order valence-electron chi connectivity index (χ3n) is 4.62. The van der Waals surface area contributed by atoms with E-state index >= 15 is 0 Å². The van der Waals surface area contributed by atoms with Crippen molar-refractivity contribution in [2.75, 3.05) is 0 Å². The maximum Gasteiger partial charge on any atom is 0.325 e. The number of benzene rings is 1. The van der Waals surface area contributed by atoms with Crippen LogP contribution in [0, 0.1) is 6.92 Å². The first-order chi connectivity index (χ1) is 12.8. The predicted molar refractivity (Wildman–Crippen MR) is 105 cm³/mol. The average Bonchev–Trinajstić information content (AvgIpc) is 3.15. The van der Waals surface area contributed by atoms with Crippen LogP contribution in [0.4, 0.5) is 0 Å². The minimum Gasteiger partial charge on any atom is -0.361 e. The number of aromatic amines is 3. The molecule has 0 aliphatic carbocycles. The number of pyridine rings is 1. The molecule has 0 atom stereocenters. The highest BCUT2D eigenvalue weighted by atomic mass is 16.2. The quantitative estimate of drug-likeness (QED) is 0.448. The van der Waals surface area contributed by atoms with Crippen LogP contribution in [0.2, 0.25) is 0 Å². The number of aromatic nitrogens is 4. The van der Waals surface area contributed by atoms with Gasteiger partial charge < -0.3 is 15.3 Å². The molecule has 0 radical (unpaired) electrons. The molecule has 138 valence electrons.